The monoisotopic (exact) mass is 540 g/mol. The molecule has 4 heteroatoms. The Bertz CT molecular complexity index is 2500. The maximum Gasteiger partial charge on any atom is 0.230 e. The van der Waals surface area contributed by atoms with Crippen LogP contribution in [0.15, 0.2) is 126 Å². The molecule has 0 unspecified atom stereocenters. The van der Waals surface area contributed by atoms with Crippen molar-refractivity contribution in [3.8, 4) is 16.8 Å². The number of thiophene rings is 1. The summed E-state index contributed by atoms with van der Waals surface area (Å²) in [6, 6.07) is 42.6. The maximum absolute atomic E-state index is 8.04. The van der Waals surface area contributed by atoms with E-state index in [0.717, 1.165) is 44.2 Å². The topological polar surface area (TPSA) is 22.4 Å². The van der Waals surface area contributed by atoms with Crippen molar-refractivity contribution < 1.29 is 4.42 Å². The van der Waals surface area contributed by atoms with Crippen LogP contribution in [-0.4, -0.2) is 4.57 Å². The highest BCUT2D eigenvalue weighted by Crippen LogP contribution is 2.43. The molecule has 0 saturated heterocycles. The quantitative estimate of drug-likeness (QED) is 0.200. The van der Waals surface area contributed by atoms with Crippen molar-refractivity contribution >= 4 is 80.9 Å². The van der Waals surface area contributed by atoms with E-state index in [4.69, 9.17) is 11.0 Å². The van der Waals surface area contributed by atoms with Crippen molar-refractivity contribution in [2.45, 2.75) is 0 Å². The van der Waals surface area contributed by atoms with E-state index in [9.17, 15) is 0 Å². The molecule has 0 amide bonds. The summed E-state index contributed by atoms with van der Waals surface area (Å²) in [5.41, 5.74) is 7.29. The molecular formula is C37H20N2OS. The molecule has 41 heavy (non-hydrogen) atoms. The third-order valence-electron chi connectivity index (χ3n) is 8.21. The smallest absolute Gasteiger partial charge is 0.230 e. The van der Waals surface area contributed by atoms with Crippen molar-refractivity contribution in [2.75, 3.05) is 0 Å². The van der Waals surface area contributed by atoms with Gasteiger partial charge in [-0.25, -0.2) is 4.85 Å². The normalized spacial score (nSPS) is 11.9. The molecule has 3 aromatic heterocycles. The average Bonchev–Trinajstić information content (AvgIpc) is 3.70. The molecule has 9 rings (SSSR count). The molecule has 3 nitrogen and oxygen atoms in total. The van der Waals surface area contributed by atoms with Gasteiger partial charge in [0.25, 0.3) is 0 Å². The van der Waals surface area contributed by atoms with Crippen LogP contribution in [0.25, 0.3) is 85.6 Å². The number of fused-ring (bicyclic) bond motifs is 9. The summed E-state index contributed by atoms with van der Waals surface area (Å²) in [5, 5.41) is 6.90. The largest absolute Gasteiger partial charge is 0.465 e. The number of rotatable bonds is 2. The average molecular weight is 541 g/mol. The van der Waals surface area contributed by atoms with Crippen molar-refractivity contribution in [1.82, 2.24) is 4.57 Å². The lowest BCUT2D eigenvalue weighted by molar-refractivity contribution is 0.668. The van der Waals surface area contributed by atoms with Gasteiger partial charge in [-0.05, 0) is 59.7 Å². The summed E-state index contributed by atoms with van der Waals surface area (Å²) >= 11 is 1.81. The molecule has 0 bridgehead atoms. The molecular weight excluding hydrogens is 520 g/mol. The van der Waals surface area contributed by atoms with Gasteiger partial charge in [-0.2, -0.15) is 0 Å². The standard InChI is InChI=1S/C37H20N2OS/c1-38-30-21-23(22-17-18-35-28(19-22)26-11-4-7-16-34(26)41-35)20-29-27-12-8-15-33(37(27)40-36(29)30)39-31-13-5-2-9-24(31)25-10-3-6-14-32(25)39/h2-21H. The molecule has 0 aliphatic rings. The first kappa shape index (κ1) is 22.4. The van der Waals surface area contributed by atoms with Crippen molar-refractivity contribution in [3.05, 3.63) is 133 Å². The minimum Gasteiger partial charge on any atom is -0.465 e. The fraction of sp³-hybridized carbons (Fsp3) is 0. The predicted molar refractivity (Wildman–Crippen MR) is 173 cm³/mol. The summed E-state index contributed by atoms with van der Waals surface area (Å²) in [6.07, 6.45) is 0. The third-order valence-corrected chi connectivity index (χ3v) is 9.36. The minimum absolute atomic E-state index is 0.525. The number of hydrogen-bond donors (Lipinski definition) is 0. The van der Waals surface area contributed by atoms with Gasteiger partial charge in [-0.15, -0.1) is 11.3 Å². The van der Waals surface area contributed by atoms with Crippen LogP contribution < -0.4 is 0 Å². The van der Waals surface area contributed by atoms with Crippen LogP contribution in [-0.2, 0) is 0 Å². The van der Waals surface area contributed by atoms with Crippen LogP contribution in [0, 0.1) is 6.57 Å². The molecule has 190 valence electrons. The van der Waals surface area contributed by atoms with Gasteiger partial charge in [0.15, 0.2) is 5.58 Å². The van der Waals surface area contributed by atoms with E-state index in [1.54, 1.807) is 0 Å². The molecule has 9 aromatic rings. The Balaban J connectivity index is 1.32. The van der Waals surface area contributed by atoms with Crippen LogP contribution in [0.5, 0.6) is 0 Å². The Hall–Kier alpha value is -5.37. The number of para-hydroxylation sites is 3. The Morgan fingerprint density at radius 2 is 1.20 bits per heavy atom. The lowest BCUT2D eigenvalue weighted by Gasteiger charge is -2.08. The Morgan fingerprint density at radius 1 is 0.537 bits per heavy atom. The molecule has 3 heterocycles. The van der Waals surface area contributed by atoms with Crippen molar-refractivity contribution in [3.63, 3.8) is 0 Å². The van der Waals surface area contributed by atoms with Gasteiger partial charge in [-0.1, -0.05) is 72.8 Å². The number of benzene rings is 6. The third kappa shape index (κ3) is 3.12. The second-order valence-electron chi connectivity index (χ2n) is 10.4. The van der Waals surface area contributed by atoms with Gasteiger partial charge in [-0.3, -0.25) is 0 Å². The van der Waals surface area contributed by atoms with E-state index < -0.39 is 0 Å². The summed E-state index contributed by atoms with van der Waals surface area (Å²) in [5.74, 6) is 0. The van der Waals surface area contributed by atoms with Crippen LogP contribution in [0.4, 0.5) is 5.69 Å². The Morgan fingerprint density at radius 3 is 1.98 bits per heavy atom. The van der Waals surface area contributed by atoms with Crippen LogP contribution in [0.2, 0.25) is 0 Å². The number of aromatic nitrogens is 1. The fourth-order valence-corrected chi connectivity index (χ4v) is 7.47. The molecule has 0 fully saturated rings. The SMILES string of the molecule is [C-]#[N+]c1cc(-c2ccc3sc4ccccc4c3c2)cc2c1oc1c(-n3c4ccccc4c4ccccc43)cccc12. The number of hydrogen-bond acceptors (Lipinski definition) is 2. The maximum atomic E-state index is 8.04. The van der Waals surface area contributed by atoms with Crippen LogP contribution in [0.1, 0.15) is 0 Å². The van der Waals surface area contributed by atoms with E-state index in [0.29, 0.717) is 11.3 Å². The summed E-state index contributed by atoms with van der Waals surface area (Å²) in [7, 11) is 0. The highest BCUT2D eigenvalue weighted by Gasteiger charge is 2.19. The molecule has 0 aliphatic carbocycles. The number of nitrogens with zero attached hydrogens (tertiary/aromatic N) is 2. The summed E-state index contributed by atoms with van der Waals surface area (Å²) in [6.45, 7) is 8.04. The van der Waals surface area contributed by atoms with Gasteiger partial charge >= 0.3 is 0 Å². The lowest BCUT2D eigenvalue weighted by Crippen LogP contribution is -1.93. The molecule has 0 radical (unpaired) electrons. The highest BCUT2D eigenvalue weighted by atomic mass is 32.1. The van der Waals surface area contributed by atoms with Gasteiger partial charge < -0.3 is 8.98 Å². The minimum atomic E-state index is 0.525. The lowest BCUT2D eigenvalue weighted by atomic mass is 9.99. The van der Waals surface area contributed by atoms with Crippen molar-refractivity contribution in [1.29, 1.82) is 0 Å². The fourth-order valence-electron chi connectivity index (χ4n) is 6.38. The van der Waals surface area contributed by atoms with E-state index in [1.807, 2.05) is 17.4 Å². The molecule has 6 aromatic carbocycles. The molecule has 0 aliphatic heterocycles. The van der Waals surface area contributed by atoms with E-state index in [-0.39, 0.29) is 0 Å². The van der Waals surface area contributed by atoms with E-state index >= 15 is 0 Å². The highest BCUT2D eigenvalue weighted by molar-refractivity contribution is 7.25. The first-order valence-corrected chi connectivity index (χ1v) is 14.4. The molecule has 0 spiro atoms. The Labute approximate surface area is 238 Å². The second-order valence-corrected chi connectivity index (χ2v) is 11.5. The first-order chi connectivity index (χ1) is 20.3. The predicted octanol–water partition coefficient (Wildman–Crippen LogP) is 11.3. The zero-order valence-electron chi connectivity index (χ0n) is 21.8. The second kappa shape index (κ2) is 8.32. The van der Waals surface area contributed by atoms with Gasteiger partial charge in [0.1, 0.15) is 5.58 Å². The molecule has 0 saturated carbocycles. The van der Waals surface area contributed by atoms with Crippen LogP contribution in [0.3, 0.4) is 0 Å². The summed E-state index contributed by atoms with van der Waals surface area (Å²) in [4.78, 5) is 3.93. The van der Waals surface area contributed by atoms with Crippen molar-refractivity contribution in [2.24, 2.45) is 0 Å². The van der Waals surface area contributed by atoms with E-state index in [1.165, 1.54) is 30.9 Å². The Kier molecular flexibility index (Phi) is 4.55. The van der Waals surface area contributed by atoms with Gasteiger partial charge in [0.2, 0.25) is 5.69 Å². The van der Waals surface area contributed by atoms with Gasteiger partial charge in [0, 0.05) is 41.7 Å². The molecule has 0 atom stereocenters. The van der Waals surface area contributed by atoms with Crippen LogP contribution >= 0.6 is 11.3 Å². The molecule has 0 N–H and O–H groups in total. The first-order valence-electron chi connectivity index (χ1n) is 13.6. The number of furan rings is 1. The summed E-state index contributed by atoms with van der Waals surface area (Å²) < 4.78 is 11.4. The van der Waals surface area contributed by atoms with Gasteiger partial charge in [0.05, 0.1) is 23.3 Å². The van der Waals surface area contributed by atoms with E-state index in [2.05, 4.69) is 125 Å². The zero-order valence-corrected chi connectivity index (χ0v) is 22.6. The zero-order chi connectivity index (χ0) is 27.1.